The summed E-state index contributed by atoms with van der Waals surface area (Å²) in [7, 11) is 0. The summed E-state index contributed by atoms with van der Waals surface area (Å²) in [5, 5.41) is 9.88. The largest absolute Gasteiger partial charge is 0.477 e. The quantitative estimate of drug-likeness (QED) is 0.835. The van der Waals surface area contributed by atoms with Crippen LogP contribution in [0.15, 0.2) is 27.4 Å². The number of carboxylic acids is 1. The highest BCUT2D eigenvalue weighted by atomic mass is 35.5. The van der Waals surface area contributed by atoms with E-state index in [0.717, 1.165) is 0 Å². The second-order valence-corrected chi connectivity index (χ2v) is 3.93. The fourth-order valence-electron chi connectivity index (χ4n) is 1.84. The van der Waals surface area contributed by atoms with Gasteiger partial charge in [0.05, 0.1) is 5.02 Å². The Kier molecular flexibility index (Phi) is 2.90. The van der Waals surface area contributed by atoms with Crippen LogP contribution in [-0.4, -0.2) is 11.1 Å². The third-order valence-corrected chi connectivity index (χ3v) is 2.86. The van der Waals surface area contributed by atoms with Crippen molar-refractivity contribution in [2.75, 3.05) is 0 Å². The molecule has 1 aromatic carbocycles. The molecule has 2 rings (SSSR count). The van der Waals surface area contributed by atoms with E-state index in [0.29, 0.717) is 22.4 Å². The SMILES string of the molecule is CCc1c(C(=O)O)c(=O)oc2c(Cl)cccc12. The molecule has 0 fully saturated rings. The van der Waals surface area contributed by atoms with Crippen molar-refractivity contribution in [1.29, 1.82) is 0 Å². The van der Waals surface area contributed by atoms with Crippen LogP contribution in [0.4, 0.5) is 0 Å². The van der Waals surface area contributed by atoms with Crippen LogP contribution in [-0.2, 0) is 6.42 Å². The predicted molar refractivity (Wildman–Crippen MR) is 63.8 cm³/mol. The predicted octanol–water partition coefficient (Wildman–Crippen LogP) is 2.71. The van der Waals surface area contributed by atoms with Gasteiger partial charge in [-0.05, 0) is 18.1 Å². The maximum absolute atomic E-state index is 11.6. The van der Waals surface area contributed by atoms with Crippen LogP contribution in [0.5, 0.6) is 0 Å². The molecule has 17 heavy (non-hydrogen) atoms. The van der Waals surface area contributed by atoms with E-state index in [1.165, 1.54) is 0 Å². The second kappa shape index (κ2) is 4.22. The van der Waals surface area contributed by atoms with E-state index in [4.69, 9.17) is 21.1 Å². The van der Waals surface area contributed by atoms with Gasteiger partial charge in [-0.25, -0.2) is 9.59 Å². The van der Waals surface area contributed by atoms with E-state index in [-0.39, 0.29) is 11.1 Å². The molecular weight excluding hydrogens is 244 g/mol. The van der Waals surface area contributed by atoms with Gasteiger partial charge in [0.25, 0.3) is 0 Å². The maximum atomic E-state index is 11.6. The molecule has 0 spiro atoms. The molecule has 0 aliphatic carbocycles. The van der Waals surface area contributed by atoms with Gasteiger partial charge >= 0.3 is 11.6 Å². The Morgan fingerprint density at radius 2 is 2.18 bits per heavy atom. The normalized spacial score (nSPS) is 10.7. The number of aromatic carboxylic acids is 1. The number of hydrogen-bond donors (Lipinski definition) is 1. The molecule has 1 N–H and O–H groups in total. The lowest BCUT2D eigenvalue weighted by Gasteiger charge is -2.07. The summed E-state index contributed by atoms with van der Waals surface area (Å²) in [6.45, 7) is 1.78. The Morgan fingerprint density at radius 1 is 1.47 bits per heavy atom. The lowest BCUT2D eigenvalue weighted by atomic mass is 10.0. The molecule has 5 heteroatoms. The molecule has 0 aliphatic heterocycles. The molecular formula is C12H9ClO4. The number of aryl methyl sites for hydroxylation is 1. The van der Waals surface area contributed by atoms with Crippen LogP contribution in [0.2, 0.25) is 5.02 Å². The lowest BCUT2D eigenvalue weighted by molar-refractivity contribution is 0.0691. The summed E-state index contributed by atoms with van der Waals surface area (Å²) in [6, 6.07) is 4.97. The Balaban J connectivity index is 3.01. The molecule has 1 heterocycles. The van der Waals surface area contributed by atoms with Crippen LogP contribution in [0, 0.1) is 0 Å². The van der Waals surface area contributed by atoms with Gasteiger partial charge in [0.1, 0.15) is 5.56 Å². The summed E-state index contributed by atoms with van der Waals surface area (Å²) in [5.74, 6) is -1.28. The number of halogens is 1. The fourth-order valence-corrected chi connectivity index (χ4v) is 2.05. The number of hydrogen-bond acceptors (Lipinski definition) is 3. The number of rotatable bonds is 2. The van der Waals surface area contributed by atoms with Gasteiger partial charge in [-0.3, -0.25) is 0 Å². The molecule has 0 amide bonds. The molecule has 2 aromatic rings. The number of carboxylic acid groups (broad SMARTS) is 1. The molecule has 0 atom stereocenters. The van der Waals surface area contributed by atoms with Crippen molar-refractivity contribution in [2.24, 2.45) is 0 Å². The minimum Gasteiger partial charge on any atom is -0.477 e. The van der Waals surface area contributed by atoms with E-state index in [9.17, 15) is 9.59 Å². The van der Waals surface area contributed by atoms with Crippen molar-refractivity contribution >= 4 is 28.5 Å². The van der Waals surface area contributed by atoms with Crippen LogP contribution in [0.3, 0.4) is 0 Å². The highest BCUT2D eigenvalue weighted by molar-refractivity contribution is 6.34. The van der Waals surface area contributed by atoms with Crippen LogP contribution < -0.4 is 5.63 Å². The van der Waals surface area contributed by atoms with Crippen molar-refractivity contribution in [2.45, 2.75) is 13.3 Å². The standard InChI is InChI=1S/C12H9ClO4/c1-2-6-7-4-3-5-8(13)10(7)17-12(16)9(6)11(14)15/h3-5H,2H2,1H3,(H,14,15). The first-order valence-electron chi connectivity index (χ1n) is 5.03. The van der Waals surface area contributed by atoms with Crippen molar-refractivity contribution < 1.29 is 14.3 Å². The second-order valence-electron chi connectivity index (χ2n) is 3.52. The van der Waals surface area contributed by atoms with Crippen molar-refractivity contribution in [1.82, 2.24) is 0 Å². The molecule has 0 aliphatic rings. The van der Waals surface area contributed by atoms with Gasteiger partial charge in [-0.1, -0.05) is 30.7 Å². The van der Waals surface area contributed by atoms with Gasteiger partial charge in [0, 0.05) is 5.39 Å². The minimum atomic E-state index is -1.28. The Hall–Kier alpha value is -1.81. The van der Waals surface area contributed by atoms with Crippen molar-refractivity contribution in [3.63, 3.8) is 0 Å². The van der Waals surface area contributed by atoms with Crippen LogP contribution >= 0.6 is 11.6 Å². The van der Waals surface area contributed by atoms with Gasteiger partial charge in [-0.15, -0.1) is 0 Å². The maximum Gasteiger partial charge on any atom is 0.351 e. The monoisotopic (exact) mass is 252 g/mol. The van der Waals surface area contributed by atoms with Crippen LogP contribution in [0.1, 0.15) is 22.8 Å². The first-order valence-corrected chi connectivity index (χ1v) is 5.41. The number of para-hydroxylation sites is 1. The van der Waals surface area contributed by atoms with Gasteiger partial charge in [-0.2, -0.15) is 0 Å². The van der Waals surface area contributed by atoms with Crippen LogP contribution in [0.25, 0.3) is 11.0 Å². The van der Waals surface area contributed by atoms with E-state index >= 15 is 0 Å². The van der Waals surface area contributed by atoms with E-state index in [1.54, 1.807) is 25.1 Å². The van der Waals surface area contributed by atoms with E-state index in [2.05, 4.69) is 0 Å². The Bertz CT molecular complexity index is 657. The zero-order valence-electron chi connectivity index (χ0n) is 8.99. The number of benzene rings is 1. The topological polar surface area (TPSA) is 67.5 Å². The summed E-state index contributed by atoms with van der Waals surface area (Å²) in [6.07, 6.45) is 0.421. The highest BCUT2D eigenvalue weighted by Gasteiger charge is 2.19. The lowest BCUT2D eigenvalue weighted by Crippen LogP contribution is -2.17. The first kappa shape index (κ1) is 11.7. The van der Waals surface area contributed by atoms with Crippen molar-refractivity contribution in [3.05, 3.63) is 44.8 Å². The molecule has 1 aromatic heterocycles. The Morgan fingerprint density at radius 3 is 2.76 bits per heavy atom. The summed E-state index contributed by atoms with van der Waals surface area (Å²) >= 11 is 5.91. The average Bonchev–Trinajstić information content (AvgIpc) is 2.28. The van der Waals surface area contributed by atoms with E-state index < -0.39 is 11.6 Å². The molecule has 0 saturated carbocycles. The summed E-state index contributed by atoms with van der Waals surface area (Å²) in [4.78, 5) is 22.6. The zero-order valence-corrected chi connectivity index (χ0v) is 9.75. The van der Waals surface area contributed by atoms with E-state index in [1.807, 2.05) is 0 Å². The third kappa shape index (κ3) is 1.80. The summed E-state index contributed by atoms with van der Waals surface area (Å²) in [5.41, 5.74) is -0.496. The van der Waals surface area contributed by atoms with Gasteiger partial charge < -0.3 is 9.52 Å². The smallest absolute Gasteiger partial charge is 0.351 e. The average molecular weight is 253 g/mol. The zero-order chi connectivity index (χ0) is 12.6. The summed E-state index contributed by atoms with van der Waals surface area (Å²) < 4.78 is 4.96. The molecule has 0 saturated heterocycles. The highest BCUT2D eigenvalue weighted by Crippen LogP contribution is 2.26. The molecule has 88 valence electrons. The fraction of sp³-hybridized carbons (Fsp3) is 0.167. The minimum absolute atomic E-state index is 0.237. The Labute approximate surface area is 101 Å². The van der Waals surface area contributed by atoms with Crippen molar-refractivity contribution in [3.8, 4) is 0 Å². The van der Waals surface area contributed by atoms with Gasteiger partial charge in [0.15, 0.2) is 5.58 Å². The molecule has 4 nitrogen and oxygen atoms in total. The first-order chi connectivity index (χ1) is 8.06. The molecule has 0 radical (unpaired) electrons. The number of fused-ring (bicyclic) bond motifs is 1. The van der Waals surface area contributed by atoms with Gasteiger partial charge in [0.2, 0.25) is 0 Å². The molecule has 0 bridgehead atoms. The third-order valence-electron chi connectivity index (χ3n) is 2.56. The number of carbonyl (C=O) groups is 1. The molecule has 0 unspecified atom stereocenters.